The summed E-state index contributed by atoms with van der Waals surface area (Å²) < 4.78 is 6.98. The molecule has 0 atom stereocenters. The van der Waals surface area contributed by atoms with Gasteiger partial charge in [0.05, 0.1) is 6.61 Å². The second-order valence-corrected chi connectivity index (χ2v) is 5.31. The Kier molecular flexibility index (Phi) is 3.63. The minimum absolute atomic E-state index is 0.526. The molecule has 0 N–H and O–H groups in total. The van der Waals surface area contributed by atoms with E-state index in [2.05, 4.69) is 53.6 Å². The highest BCUT2D eigenvalue weighted by atomic mass is 127. The van der Waals surface area contributed by atoms with Gasteiger partial charge in [-0.05, 0) is 46.7 Å². The van der Waals surface area contributed by atoms with Gasteiger partial charge in [0, 0.05) is 15.2 Å². The summed E-state index contributed by atoms with van der Waals surface area (Å²) in [4.78, 5) is 4.39. The highest BCUT2D eigenvalue weighted by Gasteiger charge is 2.06. The number of nitrogens with zero attached hydrogens (tertiary/aromatic N) is 1. The summed E-state index contributed by atoms with van der Waals surface area (Å²) in [6.45, 7) is 5.01. The second-order valence-electron chi connectivity index (χ2n) is 4.15. The van der Waals surface area contributed by atoms with E-state index in [4.69, 9.17) is 4.74 Å². The van der Waals surface area contributed by atoms with Crippen LogP contribution in [0.2, 0.25) is 0 Å². The fourth-order valence-corrected chi connectivity index (χ4v) is 2.10. The monoisotopic (exact) mass is 327 g/mol. The standard InChI is InChI=1S/C13H14INO/c1-9(2)8-16-12-6-5-11(14)10-4-3-7-15-13(10)12/h3-7,9H,8H2,1-2H3. The molecule has 2 aromatic rings. The number of fused-ring (bicyclic) bond motifs is 1. The lowest BCUT2D eigenvalue weighted by atomic mass is 10.2. The molecule has 1 heterocycles. The van der Waals surface area contributed by atoms with Crippen LogP contribution in [0.5, 0.6) is 5.75 Å². The Balaban J connectivity index is 2.42. The molecule has 0 spiro atoms. The minimum atomic E-state index is 0.526. The number of ether oxygens (including phenoxy) is 1. The van der Waals surface area contributed by atoms with Crippen molar-refractivity contribution in [1.29, 1.82) is 0 Å². The average Bonchev–Trinajstić information content (AvgIpc) is 2.28. The van der Waals surface area contributed by atoms with Crippen LogP contribution in [0.15, 0.2) is 30.5 Å². The quantitative estimate of drug-likeness (QED) is 0.799. The molecule has 84 valence electrons. The Labute approximate surface area is 109 Å². The lowest BCUT2D eigenvalue weighted by Crippen LogP contribution is -2.05. The fourth-order valence-electron chi connectivity index (χ4n) is 1.48. The van der Waals surface area contributed by atoms with E-state index in [1.165, 1.54) is 3.57 Å². The summed E-state index contributed by atoms with van der Waals surface area (Å²) in [7, 11) is 0. The highest BCUT2D eigenvalue weighted by Crippen LogP contribution is 2.27. The normalized spacial score (nSPS) is 11.0. The van der Waals surface area contributed by atoms with Crippen molar-refractivity contribution in [3.63, 3.8) is 0 Å². The van der Waals surface area contributed by atoms with E-state index in [0.29, 0.717) is 5.92 Å². The Morgan fingerprint density at radius 1 is 1.31 bits per heavy atom. The summed E-state index contributed by atoms with van der Waals surface area (Å²) >= 11 is 2.32. The van der Waals surface area contributed by atoms with Crippen molar-refractivity contribution in [2.45, 2.75) is 13.8 Å². The Bertz CT molecular complexity index is 496. The van der Waals surface area contributed by atoms with Crippen LogP contribution in [0.1, 0.15) is 13.8 Å². The van der Waals surface area contributed by atoms with E-state index in [9.17, 15) is 0 Å². The van der Waals surface area contributed by atoms with Crippen molar-refractivity contribution >= 4 is 33.5 Å². The van der Waals surface area contributed by atoms with Gasteiger partial charge in [-0.15, -0.1) is 0 Å². The predicted octanol–water partition coefficient (Wildman–Crippen LogP) is 3.87. The number of halogens is 1. The van der Waals surface area contributed by atoms with Gasteiger partial charge in [0.25, 0.3) is 0 Å². The molecule has 0 aliphatic rings. The molecule has 0 aliphatic carbocycles. The zero-order valence-corrected chi connectivity index (χ0v) is 11.6. The first-order valence-electron chi connectivity index (χ1n) is 5.34. The van der Waals surface area contributed by atoms with Crippen molar-refractivity contribution in [2.75, 3.05) is 6.61 Å². The molecule has 0 bridgehead atoms. The van der Waals surface area contributed by atoms with Gasteiger partial charge < -0.3 is 4.74 Å². The van der Waals surface area contributed by atoms with Crippen LogP contribution in [0.4, 0.5) is 0 Å². The summed E-state index contributed by atoms with van der Waals surface area (Å²) in [6, 6.07) is 8.10. The number of rotatable bonds is 3. The van der Waals surface area contributed by atoms with Crippen LogP contribution in [0, 0.1) is 9.49 Å². The molecule has 0 saturated heterocycles. The van der Waals surface area contributed by atoms with Crippen LogP contribution in [-0.2, 0) is 0 Å². The van der Waals surface area contributed by atoms with Crippen LogP contribution in [0.3, 0.4) is 0 Å². The maximum absolute atomic E-state index is 5.77. The zero-order valence-electron chi connectivity index (χ0n) is 9.40. The third-order valence-corrected chi connectivity index (χ3v) is 3.19. The summed E-state index contributed by atoms with van der Waals surface area (Å²) in [5.41, 5.74) is 0.954. The number of pyridine rings is 1. The van der Waals surface area contributed by atoms with E-state index in [0.717, 1.165) is 23.3 Å². The van der Waals surface area contributed by atoms with Crippen molar-refractivity contribution in [2.24, 2.45) is 5.92 Å². The van der Waals surface area contributed by atoms with Gasteiger partial charge in [0.15, 0.2) is 0 Å². The summed E-state index contributed by atoms with van der Waals surface area (Å²) in [6.07, 6.45) is 1.81. The van der Waals surface area contributed by atoms with Gasteiger partial charge in [0.2, 0.25) is 0 Å². The van der Waals surface area contributed by atoms with Crippen molar-refractivity contribution < 1.29 is 4.74 Å². The van der Waals surface area contributed by atoms with Crippen molar-refractivity contribution in [1.82, 2.24) is 4.98 Å². The van der Waals surface area contributed by atoms with E-state index in [1.54, 1.807) is 6.20 Å². The van der Waals surface area contributed by atoms with Gasteiger partial charge in [-0.2, -0.15) is 0 Å². The second kappa shape index (κ2) is 4.99. The SMILES string of the molecule is CC(C)COc1ccc(I)c2cccnc12. The maximum atomic E-state index is 5.77. The average molecular weight is 327 g/mol. The lowest BCUT2D eigenvalue weighted by molar-refractivity contribution is 0.273. The molecule has 2 rings (SSSR count). The van der Waals surface area contributed by atoms with E-state index < -0.39 is 0 Å². The fraction of sp³-hybridized carbons (Fsp3) is 0.308. The lowest BCUT2D eigenvalue weighted by Gasteiger charge is -2.11. The number of hydrogen-bond acceptors (Lipinski definition) is 2. The molecule has 16 heavy (non-hydrogen) atoms. The van der Waals surface area contributed by atoms with Crippen LogP contribution >= 0.6 is 22.6 Å². The van der Waals surface area contributed by atoms with Crippen LogP contribution in [-0.4, -0.2) is 11.6 Å². The molecule has 0 radical (unpaired) electrons. The van der Waals surface area contributed by atoms with Crippen molar-refractivity contribution in [3.05, 3.63) is 34.0 Å². The first-order chi connectivity index (χ1) is 7.68. The van der Waals surface area contributed by atoms with Crippen LogP contribution < -0.4 is 4.74 Å². The van der Waals surface area contributed by atoms with Gasteiger partial charge >= 0.3 is 0 Å². The molecule has 2 nitrogen and oxygen atoms in total. The molecule has 0 fully saturated rings. The smallest absolute Gasteiger partial charge is 0.145 e. The summed E-state index contributed by atoms with van der Waals surface area (Å²) in [5.74, 6) is 1.41. The Morgan fingerprint density at radius 2 is 2.12 bits per heavy atom. The number of aromatic nitrogens is 1. The van der Waals surface area contributed by atoms with Crippen molar-refractivity contribution in [3.8, 4) is 5.75 Å². The molecule has 3 heteroatoms. The topological polar surface area (TPSA) is 22.1 Å². The van der Waals surface area contributed by atoms with Gasteiger partial charge in [-0.1, -0.05) is 19.9 Å². The zero-order chi connectivity index (χ0) is 11.5. The van der Waals surface area contributed by atoms with Gasteiger partial charge in [-0.3, -0.25) is 4.98 Å². The largest absolute Gasteiger partial charge is 0.491 e. The Morgan fingerprint density at radius 3 is 2.88 bits per heavy atom. The number of benzene rings is 1. The first kappa shape index (κ1) is 11.6. The molecule has 1 aromatic carbocycles. The van der Waals surface area contributed by atoms with E-state index >= 15 is 0 Å². The van der Waals surface area contributed by atoms with Crippen LogP contribution in [0.25, 0.3) is 10.9 Å². The third kappa shape index (κ3) is 2.45. The molecule has 0 amide bonds. The highest BCUT2D eigenvalue weighted by molar-refractivity contribution is 14.1. The number of hydrogen-bond donors (Lipinski definition) is 0. The maximum Gasteiger partial charge on any atom is 0.145 e. The third-order valence-electron chi connectivity index (χ3n) is 2.25. The summed E-state index contributed by atoms with van der Waals surface area (Å²) in [5, 5.41) is 1.16. The van der Waals surface area contributed by atoms with E-state index in [-0.39, 0.29) is 0 Å². The van der Waals surface area contributed by atoms with E-state index in [1.807, 2.05) is 12.1 Å². The molecular weight excluding hydrogens is 313 g/mol. The first-order valence-corrected chi connectivity index (χ1v) is 6.42. The molecule has 0 aliphatic heterocycles. The Hall–Kier alpha value is -0.840. The molecule has 0 saturated carbocycles. The molecule has 0 unspecified atom stereocenters. The predicted molar refractivity (Wildman–Crippen MR) is 74.8 cm³/mol. The molecule has 1 aromatic heterocycles. The molecular formula is C13H14INO. The minimum Gasteiger partial charge on any atom is -0.491 e. The van der Waals surface area contributed by atoms with Gasteiger partial charge in [0.1, 0.15) is 11.3 Å². The van der Waals surface area contributed by atoms with Gasteiger partial charge in [-0.25, -0.2) is 0 Å².